The molecule has 0 saturated heterocycles. The standard InChI is InChI=1S/C33H71NO7Si4/c1-14-15-16-21-24-28(35)25-22-19-17-18-20-23-26-29(39-43(5,6)7)30(40-44(8,9)10)31(41-45(11,12)13)33(34,32(36)37)27-38-42(2,3)4/h23,26,29-31H,14-22,24-25,27,34H2,1-13H3,(H,36,37)/b26-23+. The third-order valence-electron chi connectivity index (χ3n) is 6.94. The monoisotopic (exact) mass is 705 g/mol. The van der Waals surface area contributed by atoms with Gasteiger partial charge in [-0.3, -0.25) is 9.59 Å². The average Bonchev–Trinajstić information content (AvgIpc) is 2.85. The van der Waals surface area contributed by atoms with Crippen molar-refractivity contribution in [2.45, 2.75) is 180 Å². The van der Waals surface area contributed by atoms with Gasteiger partial charge in [0.1, 0.15) is 18.0 Å². The van der Waals surface area contributed by atoms with Crippen LogP contribution in [0.1, 0.15) is 77.6 Å². The molecule has 0 aromatic rings. The SMILES string of the molecule is CCCCCCC(=O)CCCCCC/C=C/C(O[Si](C)(C)C)C(O[Si](C)(C)C)C(O[Si](C)(C)C)C(N)(CO[Si](C)(C)C)C(=O)O. The molecule has 0 spiro atoms. The Bertz CT molecular complexity index is 891. The van der Waals surface area contributed by atoms with Crippen molar-refractivity contribution in [3.8, 4) is 0 Å². The lowest BCUT2D eigenvalue weighted by molar-refractivity contribution is -0.154. The summed E-state index contributed by atoms with van der Waals surface area (Å²) in [5.41, 5.74) is 5.02. The Labute approximate surface area is 281 Å². The Balaban J connectivity index is 6.02. The second kappa shape index (κ2) is 20.2. The Morgan fingerprint density at radius 3 is 1.64 bits per heavy atom. The van der Waals surface area contributed by atoms with Gasteiger partial charge in [-0.2, -0.15) is 0 Å². The van der Waals surface area contributed by atoms with E-state index in [1.54, 1.807) is 0 Å². The summed E-state index contributed by atoms with van der Waals surface area (Å²) < 4.78 is 26.4. The first-order valence-corrected chi connectivity index (χ1v) is 30.9. The normalized spacial score (nSPS) is 16.8. The van der Waals surface area contributed by atoms with Gasteiger partial charge in [0, 0.05) is 12.8 Å². The van der Waals surface area contributed by atoms with E-state index < -0.39 is 63.1 Å². The van der Waals surface area contributed by atoms with E-state index >= 15 is 0 Å². The Morgan fingerprint density at radius 1 is 0.711 bits per heavy atom. The number of aliphatic carboxylic acids is 1. The van der Waals surface area contributed by atoms with E-state index in [0.717, 1.165) is 51.4 Å². The zero-order valence-corrected chi connectivity index (χ0v) is 35.3. The van der Waals surface area contributed by atoms with E-state index in [9.17, 15) is 14.7 Å². The molecule has 0 aliphatic rings. The zero-order valence-electron chi connectivity index (χ0n) is 31.3. The molecule has 4 atom stereocenters. The van der Waals surface area contributed by atoms with Crippen LogP contribution in [0.25, 0.3) is 0 Å². The van der Waals surface area contributed by atoms with Crippen LogP contribution >= 0.6 is 0 Å². The number of carbonyl (C=O) groups is 2. The van der Waals surface area contributed by atoms with E-state index in [0.29, 0.717) is 12.2 Å². The highest BCUT2D eigenvalue weighted by atomic mass is 28.4. The molecule has 0 saturated carbocycles. The molecule has 3 N–H and O–H groups in total. The smallest absolute Gasteiger partial charge is 0.328 e. The molecule has 0 rings (SSSR count). The van der Waals surface area contributed by atoms with Crippen LogP contribution < -0.4 is 5.73 Å². The minimum atomic E-state index is -2.31. The third kappa shape index (κ3) is 21.9. The molecule has 0 fully saturated rings. The molecule has 4 unspecified atom stereocenters. The van der Waals surface area contributed by atoms with Crippen LogP contribution in [0, 0.1) is 0 Å². The van der Waals surface area contributed by atoms with Crippen molar-refractivity contribution in [1.82, 2.24) is 0 Å². The molecule has 8 nitrogen and oxygen atoms in total. The van der Waals surface area contributed by atoms with Crippen LogP contribution in [0.2, 0.25) is 78.6 Å². The minimum absolute atomic E-state index is 0.163. The summed E-state index contributed by atoms with van der Waals surface area (Å²) in [7, 11) is -8.76. The molecule has 266 valence electrons. The van der Waals surface area contributed by atoms with Crippen LogP contribution in [-0.4, -0.2) is 80.6 Å². The van der Waals surface area contributed by atoms with E-state index in [2.05, 4.69) is 52.3 Å². The Morgan fingerprint density at radius 2 is 1.20 bits per heavy atom. The maximum absolute atomic E-state index is 13.0. The van der Waals surface area contributed by atoms with Crippen LogP contribution in [0.5, 0.6) is 0 Å². The number of allylic oxidation sites excluding steroid dienone is 1. The molecular formula is C33H71NO7Si4. The molecular weight excluding hydrogens is 635 g/mol. The first kappa shape index (κ1) is 44.5. The number of Topliss-reactive ketones (excluding diaryl/α,β-unsaturated/α-hetero) is 1. The number of unbranched alkanes of at least 4 members (excludes halogenated alkanes) is 7. The lowest BCUT2D eigenvalue weighted by Crippen LogP contribution is -2.70. The van der Waals surface area contributed by atoms with Gasteiger partial charge in [-0.15, -0.1) is 0 Å². The quantitative estimate of drug-likeness (QED) is 0.0522. The molecule has 0 aromatic carbocycles. The van der Waals surface area contributed by atoms with Crippen molar-refractivity contribution in [3.63, 3.8) is 0 Å². The van der Waals surface area contributed by atoms with Crippen LogP contribution in [0.3, 0.4) is 0 Å². The van der Waals surface area contributed by atoms with Crippen LogP contribution in [0.15, 0.2) is 12.2 Å². The second-order valence-corrected chi connectivity index (χ2v) is 34.4. The van der Waals surface area contributed by atoms with Gasteiger partial charge in [-0.1, -0.05) is 51.2 Å². The predicted octanol–water partition coefficient (Wildman–Crippen LogP) is 8.72. The van der Waals surface area contributed by atoms with E-state index in [1.165, 1.54) is 12.8 Å². The second-order valence-electron chi connectivity index (χ2n) is 16.5. The van der Waals surface area contributed by atoms with Crippen molar-refractivity contribution in [2.24, 2.45) is 5.73 Å². The summed E-state index contributed by atoms with van der Waals surface area (Å²) in [6.07, 6.45) is 12.9. The molecule has 0 amide bonds. The summed E-state index contributed by atoms with van der Waals surface area (Å²) in [5, 5.41) is 10.6. The molecule has 0 bridgehead atoms. The molecule has 0 aliphatic carbocycles. The van der Waals surface area contributed by atoms with E-state index in [4.69, 9.17) is 23.4 Å². The van der Waals surface area contributed by atoms with Gasteiger partial charge in [0.25, 0.3) is 0 Å². The number of nitrogens with two attached hydrogens (primary N) is 1. The summed E-state index contributed by atoms with van der Waals surface area (Å²) >= 11 is 0. The summed E-state index contributed by atoms with van der Waals surface area (Å²) in [6.45, 7) is 26.8. The number of ketones is 1. The molecule has 12 heteroatoms. The zero-order chi connectivity index (χ0) is 35.1. The highest BCUT2D eigenvalue weighted by molar-refractivity contribution is 6.71. The van der Waals surface area contributed by atoms with Gasteiger partial charge in [-0.05, 0) is 104 Å². The third-order valence-corrected chi connectivity index (χ3v) is 10.9. The Kier molecular flexibility index (Phi) is 19.9. The molecule has 0 heterocycles. The fraction of sp³-hybridized carbons (Fsp3) is 0.879. The van der Waals surface area contributed by atoms with Gasteiger partial charge in [0.05, 0.1) is 12.7 Å². The number of hydrogen-bond acceptors (Lipinski definition) is 7. The fourth-order valence-corrected chi connectivity index (χ4v) is 8.70. The summed E-state index contributed by atoms with van der Waals surface area (Å²) in [6, 6.07) is 0. The van der Waals surface area contributed by atoms with Crippen molar-refractivity contribution >= 4 is 45.0 Å². The van der Waals surface area contributed by atoms with Gasteiger partial charge in [0.2, 0.25) is 0 Å². The highest BCUT2D eigenvalue weighted by Crippen LogP contribution is 2.31. The van der Waals surface area contributed by atoms with Gasteiger partial charge < -0.3 is 28.5 Å². The lowest BCUT2D eigenvalue weighted by atomic mass is 9.88. The number of carbonyl (C=O) groups excluding carboxylic acids is 1. The predicted molar refractivity (Wildman–Crippen MR) is 199 cm³/mol. The van der Waals surface area contributed by atoms with Crippen molar-refractivity contribution in [2.75, 3.05) is 6.61 Å². The first-order chi connectivity index (χ1) is 20.4. The lowest BCUT2D eigenvalue weighted by Gasteiger charge is -2.46. The van der Waals surface area contributed by atoms with E-state index in [1.807, 2.05) is 45.4 Å². The number of carboxylic acids is 1. The topological polar surface area (TPSA) is 117 Å². The molecule has 0 aliphatic heterocycles. The van der Waals surface area contributed by atoms with Gasteiger partial charge in [-0.25, -0.2) is 0 Å². The largest absolute Gasteiger partial charge is 0.480 e. The van der Waals surface area contributed by atoms with E-state index in [-0.39, 0.29) is 6.61 Å². The molecule has 45 heavy (non-hydrogen) atoms. The number of hydrogen-bond donors (Lipinski definition) is 2. The summed E-state index contributed by atoms with van der Waals surface area (Å²) in [4.78, 5) is 25.1. The van der Waals surface area contributed by atoms with Gasteiger partial charge in [0.15, 0.2) is 38.8 Å². The molecule has 0 radical (unpaired) electrons. The molecule has 0 aromatic heterocycles. The minimum Gasteiger partial charge on any atom is -0.480 e. The maximum Gasteiger partial charge on any atom is 0.328 e. The summed E-state index contributed by atoms with van der Waals surface area (Å²) in [5.74, 6) is -0.767. The number of rotatable bonds is 26. The van der Waals surface area contributed by atoms with Crippen molar-refractivity contribution in [3.05, 3.63) is 12.2 Å². The Hall–Kier alpha value is -0.452. The van der Waals surface area contributed by atoms with Crippen molar-refractivity contribution in [1.29, 1.82) is 0 Å². The fourth-order valence-electron chi connectivity index (χ4n) is 4.82. The number of carboxylic acid groups (broad SMARTS) is 1. The average molecular weight is 706 g/mol. The highest BCUT2D eigenvalue weighted by Gasteiger charge is 2.53. The first-order valence-electron chi connectivity index (χ1n) is 17.3. The van der Waals surface area contributed by atoms with Crippen LogP contribution in [-0.2, 0) is 27.3 Å². The van der Waals surface area contributed by atoms with Crippen molar-refractivity contribution < 1.29 is 32.4 Å². The maximum atomic E-state index is 13.0. The van der Waals surface area contributed by atoms with Gasteiger partial charge >= 0.3 is 5.97 Å². The van der Waals surface area contributed by atoms with Crippen LogP contribution in [0.4, 0.5) is 0 Å².